The molecule has 1 amide bonds. The molecule has 140 valence electrons. The molecule has 0 radical (unpaired) electrons. The van der Waals surface area contributed by atoms with Crippen LogP contribution in [0, 0.1) is 0 Å². The Labute approximate surface area is 154 Å². The van der Waals surface area contributed by atoms with E-state index in [4.69, 9.17) is 0 Å². The quantitative estimate of drug-likeness (QED) is 0.616. The zero-order chi connectivity index (χ0) is 19.2. The van der Waals surface area contributed by atoms with Gasteiger partial charge in [0, 0.05) is 31.8 Å². The summed E-state index contributed by atoms with van der Waals surface area (Å²) in [6.07, 6.45) is 2.19. The third kappa shape index (κ3) is 4.68. The number of nitrogens with one attached hydrogen (secondary N) is 1. The maximum absolute atomic E-state index is 12.4. The largest absolute Gasteiger partial charge is 0.389 e. The average molecular weight is 368 g/mol. The van der Waals surface area contributed by atoms with Crippen LogP contribution in [-0.4, -0.2) is 37.8 Å². The second kappa shape index (κ2) is 8.41. The lowest BCUT2D eigenvalue weighted by Crippen LogP contribution is -2.37. The first kappa shape index (κ1) is 18.5. The third-order valence-electron chi connectivity index (χ3n) is 4.15. The van der Waals surface area contributed by atoms with Crippen molar-refractivity contribution in [3.05, 3.63) is 75.7 Å². The Morgan fingerprint density at radius 2 is 1.89 bits per heavy atom. The molecule has 3 rings (SSSR count). The van der Waals surface area contributed by atoms with E-state index in [0.717, 1.165) is 0 Å². The molecule has 0 aliphatic carbocycles. The van der Waals surface area contributed by atoms with E-state index in [2.05, 4.69) is 10.3 Å². The number of pyridine rings is 1. The van der Waals surface area contributed by atoms with Crippen LogP contribution in [0.25, 0.3) is 10.9 Å². The van der Waals surface area contributed by atoms with Crippen molar-refractivity contribution < 1.29 is 9.90 Å². The number of aliphatic hydroxyl groups is 1. The molecule has 2 N–H and O–H groups in total. The highest BCUT2D eigenvalue weighted by Gasteiger charge is 2.10. The highest BCUT2D eigenvalue weighted by molar-refractivity contribution is 5.77. The summed E-state index contributed by atoms with van der Waals surface area (Å²) in [4.78, 5) is 40.2. The number of rotatable bonds is 7. The summed E-state index contributed by atoms with van der Waals surface area (Å²) < 4.78 is 2.76. The van der Waals surface area contributed by atoms with E-state index >= 15 is 0 Å². The Hall–Kier alpha value is -3.26. The summed E-state index contributed by atoms with van der Waals surface area (Å²) in [7, 11) is 0. The summed E-state index contributed by atoms with van der Waals surface area (Å²) in [5.74, 6) is -0.297. The van der Waals surface area contributed by atoms with Gasteiger partial charge in [-0.05, 0) is 18.2 Å². The number of aromatic nitrogens is 3. The number of hydrogen-bond acceptors (Lipinski definition) is 5. The molecule has 0 saturated carbocycles. The average Bonchev–Trinajstić information content (AvgIpc) is 2.68. The summed E-state index contributed by atoms with van der Waals surface area (Å²) in [6, 6.07) is 11.7. The van der Waals surface area contributed by atoms with Crippen LogP contribution < -0.4 is 16.4 Å². The fourth-order valence-corrected chi connectivity index (χ4v) is 2.71. The van der Waals surface area contributed by atoms with E-state index in [1.165, 1.54) is 21.5 Å². The Morgan fingerprint density at radius 1 is 1.11 bits per heavy atom. The number of aryl methyl sites for hydroxylation is 1. The number of hydrogen-bond donors (Lipinski definition) is 2. The van der Waals surface area contributed by atoms with Crippen molar-refractivity contribution in [2.24, 2.45) is 0 Å². The van der Waals surface area contributed by atoms with Gasteiger partial charge in [-0.1, -0.05) is 18.2 Å². The van der Waals surface area contributed by atoms with E-state index in [0.29, 0.717) is 10.9 Å². The Morgan fingerprint density at radius 3 is 2.70 bits per heavy atom. The molecule has 0 saturated heterocycles. The fourth-order valence-electron chi connectivity index (χ4n) is 2.71. The van der Waals surface area contributed by atoms with Gasteiger partial charge >= 0.3 is 0 Å². The molecule has 1 unspecified atom stereocenters. The molecule has 0 fully saturated rings. The van der Waals surface area contributed by atoms with E-state index in [9.17, 15) is 19.5 Å². The minimum Gasteiger partial charge on any atom is -0.389 e. The van der Waals surface area contributed by atoms with Crippen molar-refractivity contribution in [1.29, 1.82) is 0 Å². The monoisotopic (exact) mass is 368 g/mol. The maximum Gasteiger partial charge on any atom is 0.261 e. The summed E-state index contributed by atoms with van der Waals surface area (Å²) in [6.45, 7) is 0.301. The molecule has 27 heavy (non-hydrogen) atoms. The number of carbonyl (C=O) groups excluding carboxylic acids is 1. The summed E-state index contributed by atoms with van der Waals surface area (Å²) >= 11 is 0. The Bertz CT molecular complexity index is 1060. The van der Waals surface area contributed by atoms with Crippen LogP contribution in [-0.2, 0) is 17.9 Å². The molecule has 8 nitrogen and oxygen atoms in total. The maximum atomic E-state index is 12.4. The van der Waals surface area contributed by atoms with Crippen LogP contribution in [0.15, 0.2) is 64.6 Å². The molecule has 8 heteroatoms. The molecule has 0 aliphatic heterocycles. The first-order valence-corrected chi connectivity index (χ1v) is 8.59. The predicted octanol–water partition coefficient (Wildman–Crippen LogP) is 0.126. The first-order chi connectivity index (χ1) is 13.0. The topological polar surface area (TPSA) is 106 Å². The van der Waals surface area contributed by atoms with Gasteiger partial charge in [-0.3, -0.25) is 19.0 Å². The fraction of sp³-hybridized carbons (Fsp3) is 0.263. The van der Waals surface area contributed by atoms with Gasteiger partial charge < -0.3 is 15.0 Å². The molecule has 0 bridgehead atoms. The number of fused-ring (bicyclic) bond motifs is 1. The zero-order valence-corrected chi connectivity index (χ0v) is 14.6. The van der Waals surface area contributed by atoms with Crippen LogP contribution in [0.1, 0.15) is 6.42 Å². The molecule has 0 spiro atoms. The van der Waals surface area contributed by atoms with E-state index in [1.54, 1.807) is 42.6 Å². The van der Waals surface area contributed by atoms with Gasteiger partial charge in [0.2, 0.25) is 5.91 Å². The minimum absolute atomic E-state index is 0.0189. The van der Waals surface area contributed by atoms with Crippen LogP contribution in [0.2, 0.25) is 0 Å². The van der Waals surface area contributed by atoms with Gasteiger partial charge in [0.15, 0.2) is 0 Å². The smallest absolute Gasteiger partial charge is 0.261 e. The van der Waals surface area contributed by atoms with Crippen molar-refractivity contribution >= 4 is 16.8 Å². The van der Waals surface area contributed by atoms with Crippen molar-refractivity contribution in [3.8, 4) is 0 Å². The Kier molecular flexibility index (Phi) is 5.77. The number of para-hydroxylation sites is 1. The Balaban J connectivity index is 1.51. The molecule has 2 heterocycles. The van der Waals surface area contributed by atoms with Crippen LogP contribution in [0.4, 0.5) is 0 Å². The standard InChI is InChI=1S/C19H20N4O4/c24-14(12-22-9-4-3-7-18(22)26)11-20-17(25)8-10-23-13-21-16-6-2-1-5-15(16)19(23)27/h1-7,9,13-14,24H,8,10-12H2,(H,20,25). The first-order valence-electron chi connectivity index (χ1n) is 8.59. The highest BCUT2D eigenvalue weighted by Crippen LogP contribution is 2.04. The van der Waals surface area contributed by atoms with Crippen molar-refractivity contribution in [1.82, 2.24) is 19.4 Å². The molecule has 1 aromatic carbocycles. The van der Waals surface area contributed by atoms with E-state index < -0.39 is 6.10 Å². The molecular formula is C19H20N4O4. The number of nitrogens with zero attached hydrogens (tertiary/aromatic N) is 3. The van der Waals surface area contributed by atoms with Crippen molar-refractivity contribution in [2.75, 3.05) is 6.54 Å². The molecule has 0 aliphatic rings. The van der Waals surface area contributed by atoms with Crippen LogP contribution in [0.5, 0.6) is 0 Å². The second-order valence-corrected chi connectivity index (χ2v) is 6.16. The zero-order valence-electron chi connectivity index (χ0n) is 14.6. The second-order valence-electron chi connectivity index (χ2n) is 6.16. The van der Waals surface area contributed by atoms with Crippen LogP contribution >= 0.6 is 0 Å². The lowest BCUT2D eigenvalue weighted by molar-refractivity contribution is -0.121. The molecule has 1 atom stereocenters. The van der Waals surface area contributed by atoms with Gasteiger partial charge in [0.25, 0.3) is 11.1 Å². The number of carbonyl (C=O) groups is 1. The number of aliphatic hydroxyl groups excluding tert-OH is 1. The van der Waals surface area contributed by atoms with Crippen molar-refractivity contribution in [3.63, 3.8) is 0 Å². The van der Waals surface area contributed by atoms with Gasteiger partial charge in [-0.15, -0.1) is 0 Å². The predicted molar refractivity (Wildman–Crippen MR) is 100 cm³/mol. The van der Waals surface area contributed by atoms with E-state index in [1.807, 2.05) is 0 Å². The van der Waals surface area contributed by atoms with Crippen molar-refractivity contribution in [2.45, 2.75) is 25.6 Å². The molecule has 2 aromatic heterocycles. The molecular weight excluding hydrogens is 348 g/mol. The van der Waals surface area contributed by atoms with Gasteiger partial charge in [-0.2, -0.15) is 0 Å². The number of amides is 1. The lowest BCUT2D eigenvalue weighted by Gasteiger charge is -2.13. The summed E-state index contributed by atoms with van der Waals surface area (Å²) in [5.41, 5.74) is 0.199. The normalized spacial score (nSPS) is 12.0. The third-order valence-corrected chi connectivity index (χ3v) is 4.15. The summed E-state index contributed by atoms with van der Waals surface area (Å²) in [5, 5.41) is 13.1. The van der Waals surface area contributed by atoms with E-state index in [-0.39, 0.29) is 43.1 Å². The minimum atomic E-state index is -0.890. The lowest BCUT2D eigenvalue weighted by atomic mass is 10.2. The van der Waals surface area contributed by atoms with Gasteiger partial charge in [0.1, 0.15) is 0 Å². The van der Waals surface area contributed by atoms with Gasteiger partial charge in [-0.25, -0.2) is 4.98 Å². The SMILES string of the molecule is O=C(CCn1cnc2ccccc2c1=O)NCC(O)Cn1ccccc1=O. The van der Waals surface area contributed by atoms with Crippen LogP contribution in [0.3, 0.4) is 0 Å². The molecule has 3 aromatic rings. The number of benzene rings is 1. The van der Waals surface area contributed by atoms with Gasteiger partial charge in [0.05, 0.1) is 29.9 Å². The highest BCUT2D eigenvalue weighted by atomic mass is 16.3.